The van der Waals surface area contributed by atoms with E-state index in [0.717, 1.165) is 49.7 Å². The summed E-state index contributed by atoms with van der Waals surface area (Å²) >= 11 is 1.48. The van der Waals surface area contributed by atoms with Gasteiger partial charge in [0.2, 0.25) is 11.0 Å². The number of rotatable bonds is 4. The lowest BCUT2D eigenvalue weighted by atomic mass is 9.84. The first-order chi connectivity index (χ1) is 10.1. The first-order valence-corrected chi connectivity index (χ1v) is 8.79. The Morgan fingerprint density at radius 2 is 2.14 bits per heavy atom. The van der Waals surface area contributed by atoms with Crippen molar-refractivity contribution in [3.63, 3.8) is 0 Å². The SMILES string of the molecule is CC(C)c1nsc(N2CCCC(NC(=O)C3CCC3)C2)n1. The van der Waals surface area contributed by atoms with E-state index in [-0.39, 0.29) is 17.9 Å². The van der Waals surface area contributed by atoms with Gasteiger partial charge in [0.25, 0.3) is 0 Å². The molecule has 0 spiro atoms. The molecule has 2 heterocycles. The quantitative estimate of drug-likeness (QED) is 0.928. The van der Waals surface area contributed by atoms with Gasteiger partial charge in [-0.25, -0.2) is 4.98 Å². The third kappa shape index (κ3) is 3.36. The standard InChI is InChI=1S/C15H24N4OS/c1-10(2)13-17-15(21-18-13)19-8-4-7-12(9-19)16-14(20)11-5-3-6-11/h10-12H,3-9H2,1-2H3,(H,16,20). The lowest BCUT2D eigenvalue weighted by Gasteiger charge is -2.34. The van der Waals surface area contributed by atoms with Crippen LogP contribution in [0.4, 0.5) is 5.13 Å². The molecule has 1 amide bonds. The van der Waals surface area contributed by atoms with Crippen LogP contribution in [0.2, 0.25) is 0 Å². The smallest absolute Gasteiger partial charge is 0.223 e. The molecular weight excluding hydrogens is 284 g/mol. The summed E-state index contributed by atoms with van der Waals surface area (Å²) in [6.07, 6.45) is 5.52. The van der Waals surface area contributed by atoms with Gasteiger partial charge in [-0.3, -0.25) is 4.79 Å². The van der Waals surface area contributed by atoms with Crippen LogP contribution in [-0.4, -0.2) is 34.4 Å². The number of amides is 1. The van der Waals surface area contributed by atoms with Crippen molar-refractivity contribution < 1.29 is 4.79 Å². The van der Waals surface area contributed by atoms with E-state index in [1.54, 1.807) is 0 Å². The van der Waals surface area contributed by atoms with Crippen molar-refractivity contribution >= 4 is 22.6 Å². The number of nitrogens with one attached hydrogen (secondary N) is 1. The van der Waals surface area contributed by atoms with E-state index in [0.29, 0.717) is 5.92 Å². The third-order valence-corrected chi connectivity index (χ3v) is 5.25. The molecule has 116 valence electrons. The number of carbonyl (C=O) groups is 1. The maximum absolute atomic E-state index is 12.1. The Bertz CT molecular complexity index is 498. The van der Waals surface area contributed by atoms with Crippen LogP contribution in [0.1, 0.15) is 57.7 Å². The van der Waals surface area contributed by atoms with Gasteiger partial charge < -0.3 is 10.2 Å². The summed E-state index contributed by atoms with van der Waals surface area (Å²) in [4.78, 5) is 19.0. The molecular formula is C15H24N4OS. The van der Waals surface area contributed by atoms with Crippen LogP contribution >= 0.6 is 11.5 Å². The molecule has 5 nitrogen and oxygen atoms in total. The Morgan fingerprint density at radius 1 is 1.33 bits per heavy atom. The molecule has 1 saturated heterocycles. The van der Waals surface area contributed by atoms with E-state index in [1.165, 1.54) is 18.0 Å². The average Bonchev–Trinajstić information content (AvgIpc) is 2.86. The monoisotopic (exact) mass is 308 g/mol. The van der Waals surface area contributed by atoms with Gasteiger partial charge in [-0.1, -0.05) is 20.3 Å². The van der Waals surface area contributed by atoms with E-state index < -0.39 is 0 Å². The lowest BCUT2D eigenvalue weighted by Crippen LogP contribution is -2.50. The zero-order valence-electron chi connectivity index (χ0n) is 12.8. The van der Waals surface area contributed by atoms with Crippen LogP contribution in [0.25, 0.3) is 0 Å². The minimum atomic E-state index is 0.258. The molecule has 1 aliphatic heterocycles. The highest BCUT2D eigenvalue weighted by Gasteiger charge is 2.29. The van der Waals surface area contributed by atoms with E-state index in [4.69, 9.17) is 0 Å². The maximum Gasteiger partial charge on any atom is 0.223 e. The fraction of sp³-hybridized carbons (Fsp3) is 0.800. The summed E-state index contributed by atoms with van der Waals surface area (Å²) in [7, 11) is 0. The molecule has 1 aromatic rings. The second kappa shape index (κ2) is 6.30. The minimum absolute atomic E-state index is 0.258. The third-order valence-electron chi connectivity index (χ3n) is 4.46. The number of aromatic nitrogens is 2. The zero-order valence-corrected chi connectivity index (χ0v) is 13.7. The highest BCUT2D eigenvalue weighted by molar-refractivity contribution is 7.09. The highest BCUT2D eigenvalue weighted by atomic mass is 32.1. The van der Waals surface area contributed by atoms with Gasteiger partial charge in [0.15, 0.2) is 0 Å². The Balaban J connectivity index is 1.58. The van der Waals surface area contributed by atoms with Gasteiger partial charge >= 0.3 is 0 Å². The molecule has 2 fully saturated rings. The molecule has 1 N–H and O–H groups in total. The van der Waals surface area contributed by atoms with Crippen molar-refractivity contribution in [2.24, 2.45) is 5.92 Å². The molecule has 1 saturated carbocycles. The summed E-state index contributed by atoms with van der Waals surface area (Å²) in [6, 6.07) is 0.262. The van der Waals surface area contributed by atoms with Crippen LogP contribution in [0.15, 0.2) is 0 Å². The Labute approximate surface area is 130 Å². The van der Waals surface area contributed by atoms with Gasteiger partial charge in [-0.05, 0) is 25.7 Å². The van der Waals surface area contributed by atoms with Crippen LogP contribution in [0, 0.1) is 5.92 Å². The predicted molar refractivity (Wildman–Crippen MR) is 84.7 cm³/mol. The number of carbonyl (C=O) groups excluding carboxylic acids is 1. The summed E-state index contributed by atoms with van der Waals surface area (Å²) in [5, 5.41) is 4.23. The number of anilines is 1. The molecule has 3 rings (SSSR count). The predicted octanol–water partition coefficient (Wildman–Crippen LogP) is 2.55. The molecule has 6 heteroatoms. The molecule has 21 heavy (non-hydrogen) atoms. The molecule has 0 bridgehead atoms. The molecule has 0 aromatic carbocycles. The second-order valence-electron chi connectivity index (χ2n) is 6.51. The first kappa shape index (κ1) is 14.8. The molecule has 1 atom stereocenters. The molecule has 2 aliphatic rings. The van der Waals surface area contributed by atoms with E-state index in [1.807, 2.05) is 0 Å². The van der Waals surface area contributed by atoms with Crippen molar-refractivity contribution in [2.75, 3.05) is 18.0 Å². The first-order valence-electron chi connectivity index (χ1n) is 8.02. The Morgan fingerprint density at radius 3 is 2.76 bits per heavy atom. The highest BCUT2D eigenvalue weighted by Crippen LogP contribution is 2.28. The zero-order chi connectivity index (χ0) is 14.8. The number of hydrogen-bond acceptors (Lipinski definition) is 5. The van der Waals surface area contributed by atoms with Crippen LogP contribution in [0.3, 0.4) is 0 Å². The van der Waals surface area contributed by atoms with E-state index in [9.17, 15) is 4.79 Å². The summed E-state index contributed by atoms with van der Waals surface area (Å²) in [5.41, 5.74) is 0. The van der Waals surface area contributed by atoms with Crippen LogP contribution < -0.4 is 10.2 Å². The lowest BCUT2D eigenvalue weighted by molar-refractivity contribution is -0.128. The fourth-order valence-corrected chi connectivity index (χ4v) is 3.69. The number of piperidine rings is 1. The Kier molecular flexibility index (Phi) is 4.42. The molecule has 0 radical (unpaired) electrons. The topological polar surface area (TPSA) is 58.1 Å². The fourth-order valence-electron chi connectivity index (χ4n) is 2.85. The van der Waals surface area contributed by atoms with E-state index >= 15 is 0 Å². The minimum Gasteiger partial charge on any atom is -0.351 e. The summed E-state index contributed by atoms with van der Waals surface area (Å²) < 4.78 is 4.43. The molecule has 1 aromatic heterocycles. The molecule has 1 unspecified atom stereocenters. The van der Waals surface area contributed by atoms with Crippen molar-refractivity contribution in [3.8, 4) is 0 Å². The van der Waals surface area contributed by atoms with Crippen LogP contribution in [0.5, 0.6) is 0 Å². The number of nitrogens with zero attached hydrogens (tertiary/aromatic N) is 3. The van der Waals surface area contributed by atoms with Crippen molar-refractivity contribution in [1.29, 1.82) is 0 Å². The van der Waals surface area contributed by atoms with Gasteiger partial charge in [-0.15, -0.1) is 0 Å². The Hall–Kier alpha value is -1.17. The van der Waals surface area contributed by atoms with Gasteiger partial charge in [0.05, 0.1) is 0 Å². The maximum atomic E-state index is 12.1. The van der Waals surface area contributed by atoms with E-state index in [2.05, 4.69) is 33.4 Å². The second-order valence-corrected chi connectivity index (χ2v) is 7.24. The van der Waals surface area contributed by atoms with Crippen molar-refractivity contribution in [2.45, 2.75) is 57.9 Å². The number of hydrogen-bond donors (Lipinski definition) is 1. The normalized spacial score (nSPS) is 23.2. The summed E-state index contributed by atoms with van der Waals surface area (Å²) in [5.74, 6) is 1.83. The largest absolute Gasteiger partial charge is 0.351 e. The van der Waals surface area contributed by atoms with Gasteiger partial charge in [-0.2, -0.15) is 4.37 Å². The van der Waals surface area contributed by atoms with Gasteiger partial charge in [0.1, 0.15) is 5.82 Å². The molecule has 1 aliphatic carbocycles. The van der Waals surface area contributed by atoms with Crippen LogP contribution in [-0.2, 0) is 4.79 Å². The van der Waals surface area contributed by atoms with Crippen molar-refractivity contribution in [3.05, 3.63) is 5.82 Å². The summed E-state index contributed by atoms with van der Waals surface area (Å²) in [6.45, 7) is 6.11. The van der Waals surface area contributed by atoms with Gasteiger partial charge in [0, 0.05) is 42.5 Å². The average molecular weight is 308 g/mol. The van der Waals surface area contributed by atoms with Crippen molar-refractivity contribution in [1.82, 2.24) is 14.7 Å².